The average Bonchev–Trinajstić information content (AvgIpc) is 2.71. The smallest absolute Gasteiger partial charge is 0.0195 e. The number of nitrogens with zero attached hydrogens (tertiary/aromatic N) is 1. The fourth-order valence-electron chi connectivity index (χ4n) is 2.87. The molecular formula is C12H24N2. The zero-order valence-corrected chi connectivity index (χ0v) is 9.47. The number of hydrogen-bond acceptors (Lipinski definition) is 2. The highest BCUT2D eigenvalue weighted by atomic mass is 15.2. The Hall–Kier alpha value is -0.0800. The third kappa shape index (κ3) is 2.71. The molecule has 2 fully saturated rings. The van der Waals surface area contributed by atoms with Gasteiger partial charge in [0.25, 0.3) is 0 Å². The summed E-state index contributed by atoms with van der Waals surface area (Å²) in [4.78, 5) is 2.68. The summed E-state index contributed by atoms with van der Waals surface area (Å²) in [6.07, 6.45) is 7.04. The van der Waals surface area contributed by atoms with Crippen LogP contribution in [-0.4, -0.2) is 37.1 Å². The maximum atomic E-state index is 3.60. The van der Waals surface area contributed by atoms with Crippen molar-refractivity contribution in [1.82, 2.24) is 10.2 Å². The van der Waals surface area contributed by atoms with Crippen molar-refractivity contribution in [3.05, 3.63) is 0 Å². The molecule has 0 amide bonds. The highest BCUT2D eigenvalue weighted by Gasteiger charge is 2.22. The van der Waals surface area contributed by atoms with Gasteiger partial charge in [0.2, 0.25) is 0 Å². The lowest BCUT2D eigenvalue weighted by Crippen LogP contribution is -2.42. The molecule has 1 unspecified atom stereocenters. The summed E-state index contributed by atoms with van der Waals surface area (Å²) >= 11 is 0. The molecule has 2 heterocycles. The molecule has 0 spiro atoms. The first kappa shape index (κ1) is 10.4. The molecular weight excluding hydrogens is 172 g/mol. The maximum absolute atomic E-state index is 3.60. The van der Waals surface area contributed by atoms with E-state index in [1.807, 2.05) is 0 Å². The fourth-order valence-corrected chi connectivity index (χ4v) is 2.87. The first-order valence-corrected chi connectivity index (χ1v) is 6.34. The second-order valence-corrected chi connectivity index (χ2v) is 4.97. The van der Waals surface area contributed by atoms with Crippen LogP contribution in [0.15, 0.2) is 0 Å². The van der Waals surface area contributed by atoms with E-state index in [1.54, 1.807) is 0 Å². The van der Waals surface area contributed by atoms with Gasteiger partial charge in [-0.25, -0.2) is 0 Å². The van der Waals surface area contributed by atoms with Crippen LogP contribution in [0.5, 0.6) is 0 Å². The topological polar surface area (TPSA) is 15.3 Å². The van der Waals surface area contributed by atoms with Gasteiger partial charge in [0.05, 0.1) is 0 Å². The third-order valence-electron chi connectivity index (χ3n) is 3.82. The SMILES string of the molecule is CCC1CCCN(C[C@@H]2CCCN2)C1. The molecule has 0 aromatic heterocycles. The summed E-state index contributed by atoms with van der Waals surface area (Å²) in [6.45, 7) is 7.58. The predicted octanol–water partition coefficient (Wildman–Crippen LogP) is 1.86. The molecule has 2 nitrogen and oxygen atoms in total. The summed E-state index contributed by atoms with van der Waals surface area (Å²) < 4.78 is 0. The molecule has 0 aromatic carbocycles. The predicted molar refractivity (Wildman–Crippen MR) is 60.5 cm³/mol. The summed E-state index contributed by atoms with van der Waals surface area (Å²) in [6, 6.07) is 0.797. The van der Waals surface area contributed by atoms with Crippen molar-refractivity contribution in [1.29, 1.82) is 0 Å². The van der Waals surface area contributed by atoms with Crippen LogP contribution < -0.4 is 5.32 Å². The van der Waals surface area contributed by atoms with Gasteiger partial charge >= 0.3 is 0 Å². The van der Waals surface area contributed by atoms with E-state index in [1.165, 1.54) is 58.3 Å². The quantitative estimate of drug-likeness (QED) is 0.741. The molecule has 2 heteroatoms. The van der Waals surface area contributed by atoms with E-state index in [4.69, 9.17) is 0 Å². The number of piperidine rings is 1. The Morgan fingerprint density at radius 3 is 2.93 bits per heavy atom. The van der Waals surface area contributed by atoms with Gasteiger partial charge in [-0.3, -0.25) is 0 Å². The molecule has 82 valence electrons. The molecule has 0 aliphatic carbocycles. The van der Waals surface area contributed by atoms with Crippen LogP contribution in [0.25, 0.3) is 0 Å². The molecule has 0 radical (unpaired) electrons. The zero-order valence-electron chi connectivity index (χ0n) is 9.47. The van der Waals surface area contributed by atoms with Crippen LogP contribution in [0, 0.1) is 5.92 Å². The highest BCUT2D eigenvalue weighted by molar-refractivity contribution is 4.80. The van der Waals surface area contributed by atoms with Crippen LogP contribution in [0.4, 0.5) is 0 Å². The Kier molecular flexibility index (Phi) is 3.82. The molecule has 2 aliphatic heterocycles. The van der Waals surface area contributed by atoms with Gasteiger partial charge in [-0.2, -0.15) is 0 Å². The molecule has 0 bridgehead atoms. The number of likely N-dealkylation sites (tertiary alicyclic amines) is 1. The molecule has 2 atom stereocenters. The molecule has 2 aliphatic rings. The largest absolute Gasteiger partial charge is 0.313 e. The summed E-state index contributed by atoms with van der Waals surface area (Å²) in [5.41, 5.74) is 0. The molecule has 2 rings (SSSR count). The Labute approximate surface area is 88.1 Å². The van der Waals surface area contributed by atoms with Crippen molar-refractivity contribution in [3.8, 4) is 0 Å². The van der Waals surface area contributed by atoms with Crippen molar-refractivity contribution >= 4 is 0 Å². The second kappa shape index (κ2) is 5.13. The van der Waals surface area contributed by atoms with Gasteiger partial charge in [0.15, 0.2) is 0 Å². The van der Waals surface area contributed by atoms with Gasteiger partial charge in [-0.1, -0.05) is 13.3 Å². The van der Waals surface area contributed by atoms with Crippen LogP contribution in [0.3, 0.4) is 0 Å². The lowest BCUT2D eigenvalue weighted by atomic mass is 9.95. The van der Waals surface area contributed by atoms with Crippen LogP contribution >= 0.6 is 0 Å². The standard InChI is InChI=1S/C12H24N2/c1-2-11-5-4-8-14(9-11)10-12-6-3-7-13-12/h11-13H,2-10H2,1H3/t11?,12-/m0/s1. The summed E-state index contributed by atoms with van der Waals surface area (Å²) in [5.74, 6) is 0.977. The van der Waals surface area contributed by atoms with E-state index in [2.05, 4.69) is 17.1 Å². The molecule has 1 N–H and O–H groups in total. The van der Waals surface area contributed by atoms with E-state index in [0.717, 1.165) is 12.0 Å². The van der Waals surface area contributed by atoms with Gasteiger partial charge in [-0.05, 0) is 44.7 Å². The van der Waals surface area contributed by atoms with Gasteiger partial charge in [0.1, 0.15) is 0 Å². The number of nitrogens with one attached hydrogen (secondary N) is 1. The minimum absolute atomic E-state index is 0.797. The van der Waals surface area contributed by atoms with E-state index in [-0.39, 0.29) is 0 Å². The van der Waals surface area contributed by atoms with Crippen molar-refractivity contribution in [2.45, 2.75) is 45.1 Å². The average molecular weight is 196 g/mol. The normalized spacial score (nSPS) is 34.9. The van der Waals surface area contributed by atoms with Crippen molar-refractivity contribution < 1.29 is 0 Å². The van der Waals surface area contributed by atoms with E-state index >= 15 is 0 Å². The minimum Gasteiger partial charge on any atom is -0.313 e. The van der Waals surface area contributed by atoms with Crippen LogP contribution in [0.1, 0.15) is 39.0 Å². The highest BCUT2D eigenvalue weighted by Crippen LogP contribution is 2.20. The Bertz CT molecular complexity index is 164. The van der Waals surface area contributed by atoms with Crippen molar-refractivity contribution in [2.75, 3.05) is 26.2 Å². The summed E-state index contributed by atoms with van der Waals surface area (Å²) in [5, 5.41) is 3.60. The van der Waals surface area contributed by atoms with Gasteiger partial charge in [-0.15, -0.1) is 0 Å². The number of rotatable bonds is 3. The van der Waals surface area contributed by atoms with E-state index in [0.29, 0.717) is 0 Å². The number of hydrogen-bond donors (Lipinski definition) is 1. The van der Waals surface area contributed by atoms with Crippen LogP contribution in [-0.2, 0) is 0 Å². The van der Waals surface area contributed by atoms with E-state index in [9.17, 15) is 0 Å². The Balaban J connectivity index is 1.73. The van der Waals surface area contributed by atoms with Crippen molar-refractivity contribution in [3.63, 3.8) is 0 Å². The van der Waals surface area contributed by atoms with Crippen molar-refractivity contribution in [2.24, 2.45) is 5.92 Å². The molecule has 0 aromatic rings. The first-order valence-electron chi connectivity index (χ1n) is 6.34. The first-order chi connectivity index (χ1) is 6.88. The molecule has 0 saturated carbocycles. The second-order valence-electron chi connectivity index (χ2n) is 4.97. The van der Waals surface area contributed by atoms with Gasteiger partial charge in [0, 0.05) is 19.1 Å². The third-order valence-corrected chi connectivity index (χ3v) is 3.82. The maximum Gasteiger partial charge on any atom is 0.0195 e. The van der Waals surface area contributed by atoms with Crippen LogP contribution in [0.2, 0.25) is 0 Å². The molecule has 14 heavy (non-hydrogen) atoms. The molecule has 2 saturated heterocycles. The Morgan fingerprint density at radius 2 is 2.21 bits per heavy atom. The Morgan fingerprint density at radius 1 is 1.29 bits per heavy atom. The zero-order chi connectivity index (χ0) is 9.80. The van der Waals surface area contributed by atoms with Gasteiger partial charge < -0.3 is 10.2 Å². The lowest BCUT2D eigenvalue weighted by Gasteiger charge is -2.33. The summed E-state index contributed by atoms with van der Waals surface area (Å²) in [7, 11) is 0. The van der Waals surface area contributed by atoms with E-state index < -0.39 is 0 Å². The fraction of sp³-hybridized carbons (Fsp3) is 1.00. The minimum atomic E-state index is 0.797. The monoisotopic (exact) mass is 196 g/mol. The lowest BCUT2D eigenvalue weighted by molar-refractivity contribution is 0.160.